The van der Waals surface area contributed by atoms with Crippen molar-refractivity contribution in [3.8, 4) is 0 Å². The molecule has 0 spiro atoms. The Morgan fingerprint density at radius 1 is 1.19 bits per heavy atom. The summed E-state index contributed by atoms with van der Waals surface area (Å²) in [5, 5.41) is 42.4. The summed E-state index contributed by atoms with van der Waals surface area (Å²) in [6.07, 6.45) is 6.40. The Bertz CT molecular complexity index is 662. The average Bonchev–Trinajstić information content (AvgIpc) is 2.77. The van der Waals surface area contributed by atoms with Gasteiger partial charge in [0.15, 0.2) is 5.67 Å². The van der Waals surface area contributed by atoms with E-state index in [1.54, 1.807) is 0 Å². The molecule has 3 fully saturated rings. The summed E-state index contributed by atoms with van der Waals surface area (Å²) in [5.41, 5.74) is -3.88. The van der Waals surface area contributed by atoms with Crippen LogP contribution < -0.4 is 0 Å². The van der Waals surface area contributed by atoms with Crippen LogP contribution in [0.4, 0.5) is 4.39 Å². The van der Waals surface area contributed by atoms with Gasteiger partial charge in [0, 0.05) is 29.8 Å². The lowest BCUT2D eigenvalue weighted by Gasteiger charge is -2.62. The van der Waals surface area contributed by atoms with E-state index in [9.17, 15) is 20.4 Å². The van der Waals surface area contributed by atoms with E-state index in [1.165, 1.54) is 0 Å². The molecule has 0 saturated heterocycles. The van der Waals surface area contributed by atoms with Gasteiger partial charge in [-0.3, -0.25) is 0 Å². The molecule has 8 atom stereocenters. The predicted octanol–water partition coefficient (Wildman–Crippen LogP) is 2.26. The Morgan fingerprint density at radius 2 is 1.92 bits per heavy atom. The highest BCUT2D eigenvalue weighted by Gasteiger charge is 2.74. The van der Waals surface area contributed by atoms with Crippen LogP contribution in [0, 0.1) is 22.7 Å². The van der Waals surface area contributed by atoms with E-state index >= 15 is 4.39 Å². The van der Waals surface area contributed by atoms with Crippen LogP contribution in [0.15, 0.2) is 23.8 Å². The normalized spacial score (nSPS) is 55.7. The zero-order valence-corrected chi connectivity index (χ0v) is 15.7. The van der Waals surface area contributed by atoms with E-state index in [1.807, 2.05) is 26.0 Å². The number of allylic oxidation sites excluding steroid dienone is 4. The van der Waals surface area contributed by atoms with Crippen LogP contribution in [-0.2, 0) is 0 Å². The SMILES string of the molecule is C[C@]12C=CCC=C1CC[C@H]1[C@@H]3C[C@H](O)[C@](O)(CCO)[C@@]3(C)C[C@H](O)[C@@]12F. The van der Waals surface area contributed by atoms with E-state index in [-0.39, 0.29) is 25.4 Å². The molecule has 0 bridgehead atoms. The van der Waals surface area contributed by atoms with Crippen molar-refractivity contribution >= 4 is 0 Å². The molecule has 5 heteroatoms. The molecule has 4 nitrogen and oxygen atoms in total. The standard InChI is InChI=1S/C21H31FO4/c1-18-8-4-3-5-13(18)6-7-14-15-11-16(24)20(26,9-10-23)19(15,2)12-17(25)21(14,18)22/h4-5,8,14-17,23-26H,3,6-7,9-12H2,1-2H3/t14-,15-,16-,17-,18-,19-,20+,21-/m0/s1. The zero-order valence-electron chi connectivity index (χ0n) is 15.7. The number of rotatable bonds is 2. The first-order valence-electron chi connectivity index (χ1n) is 9.90. The lowest BCUT2D eigenvalue weighted by molar-refractivity contribution is -0.226. The first-order chi connectivity index (χ1) is 12.1. The second-order valence-electron chi connectivity index (χ2n) is 9.38. The van der Waals surface area contributed by atoms with Crippen molar-refractivity contribution in [1.82, 2.24) is 0 Å². The fourth-order valence-electron chi connectivity index (χ4n) is 7.07. The van der Waals surface area contributed by atoms with Crippen LogP contribution in [0.1, 0.15) is 52.4 Å². The third-order valence-electron chi connectivity index (χ3n) is 8.60. The molecular weight excluding hydrogens is 335 g/mol. The van der Waals surface area contributed by atoms with Gasteiger partial charge in [-0.1, -0.05) is 30.7 Å². The van der Waals surface area contributed by atoms with Crippen LogP contribution in [0.25, 0.3) is 0 Å². The van der Waals surface area contributed by atoms with Crippen LogP contribution in [-0.4, -0.2) is 50.5 Å². The Morgan fingerprint density at radius 3 is 2.62 bits per heavy atom. The van der Waals surface area contributed by atoms with Crippen LogP contribution >= 0.6 is 0 Å². The van der Waals surface area contributed by atoms with Gasteiger partial charge in [0.05, 0.1) is 17.8 Å². The van der Waals surface area contributed by atoms with Crippen LogP contribution in [0.5, 0.6) is 0 Å². The molecule has 4 rings (SSSR count). The van der Waals surface area contributed by atoms with Crippen molar-refractivity contribution in [2.24, 2.45) is 22.7 Å². The van der Waals surface area contributed by atoms with E-state index in [4.69, 9.17) is 0 Å². The first kappa shape index (κ1) is 18.6. The summed E-state index contributed by atoms with van der Waals surface area (Å²) in [6, 6.07) is 0. The number of aliphatic hydroxyl groups is 4. The summed E-state index contributed by atoms with van der Waals surface area (Å²) in [7, 11) is 0. The summed E-state index contributed by atoms with van der Waals surface area (Å²) in [6.45, 7) is 3.50. The average molecular weight is 366 g/mol. The quantitative estimate of drug-likeness (QED) is 0.565. The van der Waals surface area contributed by atoms with Gasteiger partial charge in [0.25, 0.3) is 0 Å². The van der Waals surface area contributed by atoms with Crippen molar-refractivity contribution in [3.05, 3.63) is 23.8 Å². The van der Waals surface area contributed by atoms with Crippen molar-refractivity contribution < 1.29 is 24.8 Å². The lowest BCUT2D eigenvalue weighted by atomic mass is 9.44. The number of alkyl halides is 1. The third-order valence-corrected chi connectivity index (χ3v) is 8.60. The molecule has 146 valence electrons. The van der Waals surface area contributed by atoms with E-state index in [0.717, 1.165) is 18.4 Å². The molecule has 0 aromatic heterocycles. The third kappa shape index (κ3) is 1.93. The maximum atomic E-state index is 16.7. The van der Waals surface area contributed by atoms with E-state index in [0.29, 0.717) is 12.8 Å². The number of fused-ring (bicyclic) bond motifs is 5. The number of aliphatic hydroxyl groups excluding tert-OH is 3. The summed E-state index contributed by atoms with van der Waals surface area (Å²) in [4.78, 5) is 0. The Kier molecular flexibility index (Phi) is 4.03. The molecule has 4 aliphatic carbocycles. The summed E-state index contributed by atoms with van der Waals surface area (Å²) < 4.78 is 16.7. The smallest absolute Gasteiger partial charge is 0.152 e. The molecular formula is C21H31FO4. The van der Waals surface area contributed by atoms with Gasteiger partial charge in [-0.05, 0) is 44.9 Å². The highest BCUT2D eigenvalue weighted by atomic mass is 19.1. The number of hydrogen-bond donors (Lipinski definition) is 4. The van der Waals surface area contributed by atoms with Crippen LogP contribution in [0.2, 0.25) is 0 Å². The molecule has 0 unspecified atom stereocenters. The summed E-state index contributed by atoms with van der Waals surface area (Å²) >= 11 is 0. The van der Waals surface area contributed by atoms with Crippen LogP contribution in [0.3, 0.4) is 0 Å². The first-order valence-corrected chi connectivity index (χ1v) is 9.90. The molecule has 0 aromatic rings. The molecule has 0 heterocycles. The number of halogens is 1. The van der Waals surface area contributed by atoms with Gasteiger partial charge >= 0.3 is 0 Å². The molecule has 4 aliphatic rings. The van der Waals surface area contributed by atoms with Gasteiger partial charge < -0.3 is 20.4 Å². The largest absolute Gasteiger partial charge is 0.396 e. The molecule has 26 heavy (non-hydrogen) atoms. The fraction of sp³-hybridized carbons (Fsp3) is 0.810. The maximum Gasteiger partial charge on any atom is 0.152 e. The lowest BCUT2D eigenvalue weighted by Crippen LogP contribution is -2.68. The van der Waals surface area contributed by atoms with E-state index in [2.05, 4.69) is 6.08 Å². The topological polar surface area (TPSA) is 80.9 Å². The van der Waals surface area contributed by atoms with Gasteiger partial charge in [-0.25, -0.2) is 4.39 Å². The number of hydrogen-bond acceptors (Lipinski definition) is 4. The van der Waals surface area contributed by atoms with Gasteiger partial charge in [0.2, 0.25) is 0 Å². The van der Waals surface area contributed by atoms with Crippen molar-refractivity contribution in [1.29, 1.82) is 0 Å². The highest BCUT2D eigenvalue weighted by Crippen LogP contribution is 2.70. The Labute approximate surface area is 154 Å². The minimum absolute atomic E-state index is 0.0439. The molecule has 3 saturated carbocycles. The molecule has 0 aliphatic heterocycles. The predicted molar refractivity (Wildman–Crippen MR) is 96.0 cm³/mol. The van der Waals surface area contributed by atoms with Gasteiger partial charge in [0.1, 0.15) is 0 Å². The second-order valence-corrected chi connectivity index (χ2v) is 9.38. The van der Waals surface area contributed by atoms with Gasteiger partial charge in [-0.2, -0.15) is 0 Å². The highest BCUT2D eigenvalue weighted by molar-refractivity contribution is 5.38. The maximum absolute atomic E-state index is 16.7. The Balaban J connectivity index is 1.81. The minimum atomic E-state index is -1.80. The van der Waals surface area contributed by atoms with Crippen molar-refractivity contribution in [2.45, 2.75) is 75.9 Å². The molecule has 0 radical (unpaired) electrons. The minimum Gasteiger partial charge on any atom is -0.396 e. The fourth-order valence-corrected chi connectivity index (χ4v) is 7.07. The summed E-state index contributed by atoms with van der Waals surface area (Å²) in [5.74, 6) is -0.653. The monoisotopic (exact) mass is 366 g/mol. The Hall–Kier alpha value is -0.750. The van der Waals surface area contributed by atoms with E-state index < -0.39 is 40.2 Å². The van der Waals surface area contributed by atoms with Crippen molar-refractivity contribution in [3.63, 3.8) is 0 Å². The zero-order chi connectivity index (χ0) is 19.0. The van der Waals surface area contributed by atoms with Gasteiger partial charge in [-0.15, -0.1) is 0 Å². The second kappa shape index (κ2) is 5.63. The molecule has 0 aromatic carbocycles. The molecule has 4 N–H and O–H groups in total. The molecule has 0 amide bonds. The van der Waals surface area contributed by atoms with Crippen molar-refractivity contribution in [2.75, 3.05) is 6.61 Å².